The first-order valence-corrected chi connectivity index (χ1v) is 12.2. The molecule has 0 spiro atoms. The number of rotatable bonds is 5. The second kappa shape index (κ2) is 8.66. The fourth-order valence-corrected chi connectivity index (χ4v) is 5.64. The quantitative estimate of drug-likeness (QED) is 0.483. The van der Waals surface area contributed by atoms with Crippen molar-refractivity contribution in [2.45, 2.75) is 58.0 Å². The predicted molar refractivity (Wildman–Crippen MR) is 134 cm³/mol. The van der Waals surface area contributed by atoms with Crippen LogP contribution in [0.5, 0.6) is 0 Å². The van der Waals surface area contributed by atoms with Crippen LogP contribution in [0.2, 0.25) is 0 Å². The second-order valence-electron chi connectivity index (χ2n) is 10.7. The highest BCUT2D eigenvalue weighted by Gasteiger charge is 2.40. The van der Waals surface area contributed by atoms with Gasteiger partial charge in [-0.1, -0.05) is 32.0 Å². The summed E-state index contributed by atoms with van der Waals surface area (Å²) in [6.45, 7) is 11.3. The molecule has 8 heteroatoms. The molecule has 3 aromatic rings. The molecule has 0 saturated carbocycles. The molecule has 5 rings (SSSR count). The predicted octanol–water partition coefficient (Wildman–Crippen LogP) is 5.99. The van der Waals surface area contributed by atoms with Gasteiger partial charge in [-0.3, -0.25) is 0 Å². The lowest BCUT2D eigenvalue weighted by Crippen LogP contribution is -2.38. The van der Waals surface area contributed by atoms with Gasteiger partial charge in [-0.2, -0.15) is 5.10 Å². The van der Waals surface area contributed by atoms with Crippen molar-refractivity contribution in [3.8, 4) is 0 Å². The number of benzene rings is 2. The lowest BCUT2D eigenvalue weighted by Gasteiger charge is -2.29. The Labute approximate surface area is 204 Å². The summed E-state index contributed by atoms with van der Waals surface area (Å²) in [6.07, 6.45) is -1.74. The van der Waals surface area contributed by atoms with Gasteiger partial charge in [0.05, 0.1) is 17.3 Å². The number of fused-ring (bicyclic) bond motifs is 2. The van der Waals surface area contributed by atoms with Gasteiger partial charge in [0.25, 0.3) is 6.43 Å². The fourth-order valence-electron chi connectivity index (χ4n) is 5.64. The van der Waals surface area contributed by atoms with E-state index in [-0.39, 0.29) is 11.0 Å². The van der Waals surface area contributed by atoms with E-state index in [1.807, 2.05) is 6.92 Å². The van der Waals surface area contributed by atoms with Gasteiger partial charge in [-0.25, -0.2) is 13.2 Å². The lowest BCUT2D eigenvalue weighted by molar-refractivity contribution is 0.146. The molecule has 0 aliphatic carbocycles. The largest absolute Gasteiger partial charge is 0.366 e. The van der Waals surface area contributed by atoms with Crippen molar-refractivity contribution in [1.82, 2.24) is 15.1 Å². The smallest absolute Gasteiger partial charge is 0.266 e. The molecular weight excluding hydrogens is 451 g/mol. The SMILES string of the molecule is Cc1nnc(N[C@H](C)c2cccc(C(F)F)c2F)c2cc3c(cc12)C(C)(C)CN3[C@H]1CCN(C)C1. The van der Waals surface area contributed by atoms with Crippen LogP contribution in [-0.2, 0) is 5.41 Å². The molecule has 1 N–H and O–H groups in total. The van der Waals surface area contributed by atoms with Crippen molar-refractivity contribution in [2.24, 2.45) is 0 Å². The standard InChI is InChI=1S/C27H32F3N5/c1-15(18-7-6-8-19(24(18)28)25(29)30)31-26-21-12-23-22(11-20(21)16(2)32-33-26)27(3,4)14-35(23)17-9-10-34(5)13-17/h6-8,11-12,15,17,25H,9-10,13-14H2,1-5H3,(H,31,33)/t15-,17+/m1/s1. The normalized spacial score (nSPS) is 20.6. The van der Waals surface area contributed by atoms with Gasteiger partial charge in [0.15, 0.2) is 5.82 Å². The molecule has 2 aromatic carbocycles. The molecule has 35 heavy (non-hydrogen) atoms. The molecule has 0 amide bonds. The first-order chi connectivity index (χ1) is 16.6. The average Bonchev–Trinajstić information content (AvgIpc) is 3.35. The van der Waals surface area contributed by atoms with Gasteiger partial charge in [0.1, 0.15) is 5.82 Å². The van der Waals surface area contributed by atoms with E-state index in [0.717, 1.165) is 48.6 Å². The van der Waals surface area contributed by atoms with Crippen LogP contribution in [0.1, 0.15) is 62.0 Å². The Hall–Kier alpha value is -2.87. The van der Waals surface area contributed by atoms with Crippen molar-refractivity contribution >= 4 is 22.3 Å². The van der Waals surface area contributed by atoms with Crippen LogP contribution in [0.4, 0.5) is 24.7 Å². The van der Waals surface area contributed by atoms with Crippen LogP contribution in [0.25, 0.3) is 10.8 Å². The number of likely N-dealkylation sites (N-methyl/N-ethyl adjacent to an activating group) is 1. The van der Waals surface area contributed by atoms with Gasteiger partial charge >= 0.3 is 0 Å². The van der Waals surface area contributed by atoms with E-state index in [9.17, 15) is 13.2 Å². The highest BCUT2D eigenvalue weighted by Crippen LogP contribution is 2.46. The zero-order chi connectivity index (χ0) is 25.1. The van der Waals surface area contributed by atoms with E-state index < -0.39 is 23.8 Å². The maximum Gasteiger partial charge on any atom is 0.266 e. The number of hydrogen-bond acceptors (Lipinski definition) is 5. The number of hydrogen-bond donors (Lipinski definition) is 1. The molecule has 5 nitrogen and oxygen atoms in total. The molecule has 1 saturated heterocycles. The minimum Gasteiger partial charge on any atom is -0.366 e. The number of halogens is 3. The number of nitrogens with zero attached hydrogens (tertiary/aromatic N) is 4. The number of aromatic nitrogens is 2. The van der Waals surface area contributed by atoms with Crippen molar-refractivity contribution in [3.63, 3.8) is 0 Å². The summed E-state index contributed by atoms with van der Waals surface area (Å²) in [7, 11) is 2.16. The molecule has 2 atom stereocenters. The van der Waals surface area contributed by atoms with E-state index in [4.69, 9.17) is 0 Å². The highest BCUT2D eigenvalue weighted by molar-refractivity contribution is 5.97. The Balaban J connectivity index is 1.57. The summed E-state index contributed by atoms with van der Waals surface area (Å²) in [5.41, 5.74) is 2.91. The third-order valence-electron chi connectivity index (χ3n) is 7.61. The monoisotopic (exact) mass is 483 g/mol. The van der Waals surface area contributed by atoms with E-state index in [0.29, 0.717) is 11.9 Å². The molecule has 1 aromatic heterocycles. The number of aryl methyl sites for hydroxylation is 1. The molecule has 0 bridgehead atoms. The lowest BCUT2D eigenvalue weighted by atomic mass is 9.86. The van der Waals surface area contributed by atoms with E-state index in [2.05, 4.69) is 58.3 Å². The number of likely N-dealkylation sites (tertiary alicyclic amines) is 1. The zero-order valence-electron chi connectivity index (χ0n) is 20.9. The van der Waals surface area contributed by atoms with E-state index in [1.54, 1.807) is 6.92 Å². The van der Waals surface area contributed by atoms with Gasteiger partial charge in [-0.15, -0.1) is 5.10 Å². The van der Waals surface area contributed by atoms with Crippen LogP contribution in [0, 0.1) is 12.7 Å². The molecule has 3 heterocycles. The number of anilines is 2. The van der Waals surface area contributed by atoms with Crippen LogP contribution in [0.3, 0.4) is 0 Å². The summed E-state index contributed by atoms with van der Waals surface area (Å²) < 4.78 is 41.3. The highest BCUT2D eigenvalue weighted by atomic mass is 19.3. The minimum absolute atomic E-state index is 0.000117. The van der Waals surface area contributed by atoms with Gasteiger partial charge in [-0.05, 0) is 51.6 Å². The summed E-state index contributed by atoms with van der Waals surface area (Å²) in [4.78, 5) is 4.88. The molecule has 0 radical (unpaired) electrons. The van der Waals surface area contributed by atoms with Crippen molar-refractivity contribution in [2.75, 3.05) is 36.9 Å². The molecule has 2 aliphatic rings. The van der Waals surface area contributed by atoms with Gasteiger partial charge in [0, 0.05) is 46.6 Å². The molecular formula is C27H32F3N5. The first kappa shape index (κ1) is 23.9. The van der Waals surface area contributed by atoms with Crippen LogP contribution >= 0.6 is 0 Å². The summed E-state index contributed by atoms with van der Waals surface area (Å²) >= 11 is 0. The number of alkyl halides is 2. The first-order valence-electron chi connectivity index (χ1n) is 12.2. The third-order valence-corrected chi connectivity index (χ3v) is 7.61. The average molecular weight is 484 g/mol. The van der Waals surface area contributed by atoms with Crippen LogP contribution in [-0.4, -0.2) is 47.8 Å². The topological polar surface area (TPSA) is 44.3 Å². The Morgan fingerprint density at radius 1 is 1.11 bits per heavy atom. The second-order valence-corrected chi connectivity index (χ2v) is 10.7. The Kier molecular flexibility index (Phi) is 5.90. The van der Waals surface area contributed by atoms with Crippen LogP contribution in [0.15, 0.2) is 30.3 Å². The van der Waals surface area contributed by atoms with Gasteiger partial charge in [0.2, 0.25) is 0 Å². The minimum atomic E-state index is -2.87. The van der Waals surface area contributed by atoms with Crippen LogP contribution < -0.4 is 10.2 Å². The maximum atomic E-state index is 14.8. The van der Waals surface area contributed by atoms with Gasteiger partial charge < -0.3 is 15.1 Å². The Morgan fingerprint density at radius 2 is 1.86 bits per heavy atom. The summed E-state index contributed by atoms with van der Waals surface area (Å²) in [5, 5.41) is 13.9. The summed E-state index contributed by atoms with van der Waals surface area (Å²) in [6, 6.07) is 8.40. The fraction of sp³-hybridized carbons (Fsp3) is 0.481. The Bertz CT molecular complexity index is 1280. The van der Waals surface area contributed by atoms with E-state index in [1.165, 1.54) is 23.4 Å². The van der Waals surface area contributed by atoms with Crippen molar-refractivity contribution < 1.29 is 13.2 Å². The third kappa shape index (κ3) is 4.11. The Morgan fingerprint density at radius 3 is 2.54 bits per heavy atom. The number of nitrogens with one attached hydrogen (secondary N) is 1. The molecule has 0 unspecified atom stereocenters. The molecule has 1 fully saturated rings. The zero-order valence-corrected chi connectivity index (χ0v) is 20.9. The molecule has 186 valence electrons. The maximum absolute atomic E-state index is 14.8. The van der Waals surface area contributed by atoms with Crippen molar-refractivity contribution in [3.05, 3.63) is 58.5 Å². The van der Waals surface area contributed by atoms with E-state index >= 15 is 0 Å². The van der Waals surface area contributed by atoms with Crippen molar-refractivity contribution in [1.29, 1.82) is 0 Å². The molecule has 2 aliphatic heterocycles. The summed E-state index contributed by atoms with van der Waals surface area (Å²) in [5.74, 6) is -0.359.